The Kier molecular flexibility index (Phi) is 6.53. The lowest BCUT2D eigenvalue weighted by molar-refractivity contribution is -0.119. The summed E-state index contributed by atoms with van der Waals surface area (Å²) in [6.07, 6.45) is 3.92. The Bertz CT molecular complexity index is 596. The topological polar surface area (TPSA) is 61.8 Å². The summed E-state index contributed by atoms with van der Waals surface area (Å²) in [6.45, 7) is 6.42. The van der Waals surface area contributed by atoms with Crippen molar-refractivity contribution in [3.8, 4) is 0 Å². The molecule has 1 aromatic carbocycles. The van der Waals surface area contributed by atoms with Gasteiger partial charge in [-0.2, -0.15) is 5.10 Å². The molecule has 0 aliphatic carbocycles. The highest BCUT2D eigenvalue weighted by Crippen LogP contribution is 2.19. The van der Waals surface area contributed by atoms with Gasteiger partial charge in [0.05, 0.1) is 5.69 Å². The summed E-state index contributed by atoms with van der Waals surface area (Å²) in [5.74, 6) is 0.435. The van der Waals surface area contributed by atoms with Crippen LogP contribution < -0.4 is 10.3 Å². The van der Waals surface area contributed by atoms with E-state index in [0.717, 1.165) is 19.3 Å². The van der Waals surface area contributed by atoms with Crippen LogP contribution in [-0.2, 0) is 9.59 Å². The molecule has 1 aliphatic heterocycles. The second kappa shape index (κ2) is 8.62. The molecule has 1 N–H and O–H groups in total. The number of hydrogen-bond donors (Lipinski definition) is 1. The van der Waals surface area contributed by atoms with Crippen molar-refractivity contribution >= 4 is 23.2 Å². The number of nitrogens with one attached hydrogen (secondary N) is 1. The quantitative estimate of drug-likeness (QED) is 0.832. The van der Waals surface area contributed by atoms with Gasteiger partial charge in [0, 0.05) is 18.9 Å². The fourth-order valence-electron chi connectivity index (χ4n) is 2.70. The number of benzene rings is 1. The molecule has 0 saturated heterocycles. The van der Waals surface area contributed by atoms with Crippen LogP contribution in [0.4, 0.5) is 5.69 Å². The summed E-state index contributed by atoms with van der Waals surface area (Å²) in [4.78, 5) is 24.5. The van der Waals surface area contributed by atoms with Crippen LogP contribution in [0, 0.1) is 5.92 Å². The Balaban J connectivity index is 1.97. The maximum Gasteiger partial charge on any atom is 0.267 e. The maximum atomic E-state index is 12.4. The number of amides is 2. The first-order chi connectivity index (χ1) is 11.5. The van der Waals surface area contributed by atoms with Gasteiger partial charge in [-0.3, -0.25) is 9.59 Å². The minimum Gasteiger partial charge on any atom is -0.348 e. The predicted octanol–water partition coefficient (Wildman–Crippen LogP) is 3.50. The normalized spacial score (nSPS) is 16.1. The highest BCUT2D eigenvalue weighted by molar-refractivity contribution is 6.40. The minimum atomic E-state index is -0.166. The van der Waals surface area contributed by atoms with Gasteiger partial charge in [0.15, 0.2) is 0 Å². The summed E-state index contributed by atoms with van der Waals surface area (Å²) in [6, 6.07) is 9.33. The van der Waals surface area contributed by atoms with Crippen molar-refractivity contribution in [3.05, 3.63) is 30.3 Å². The molecule has 130 valence electrons. The summed E-state index contributed by atoms with van der Waals surface area (Å²) in [5, 5.41) is 8.62. The van der Waals surface area contributed by atoms with Crippen molar-refractivity contribution < 1.29 is 9.59 Å². The number of hydrazone groups is 1. The molecule has 2 rings (SSSR count). The van der Waals surface area contributed by atoms with Crippen LogP contribution >= 0.6 is 0 Å². The van der Waals surface area contributed by atoms with E-state index >= 15 is 0 Å². The standard InChI is InChI=1S/C19H27N3O2/c1-14(2)8-7-9-15(3)20-19(24)17-12-13-18(23)22(21-17)16-10-5-4-6-11-16/h4-6,10-11,14-15H,7-9,12-13H2,1-3H3,(H,20,24). The highest BCUT2D eigenvalue weighted by atomic mass is 16.2. The van der Waals surface area contributed by atoms with Gasteiger partial charge >= 0.3 is 0 Å². The van der Waals surface area contributed by atoms with Gasteiger partial charge in [-0.15, -0.1) is 0 Å². The smallest absolute Gasteiger partial charge is 0.267 e. The molecule has 1 heterocycles. The zero-order valence-corrected chi connectivity index (χ0v) is 14.8. The van der Waals surface area contributed by atoms with E-state index < -0.39 is 0 Å². The third-order valence-electron chi connectivity index (χ3n) is 4.09. The molecule has 0 bridgehead atoms. The summed E-state index contributed by atoms with van der Waals surface area (Å²) in [5.41, 5.74) is 1.12. The third-order valence-corrected chi connectivity index (χ3v) is 4.09. The number of nitrogens with zero attached hydrogens (tertiary/aromatic N) is 2. The first-order valence-corrected chi connectivity index (χ1v) is 8.73. The van der Waals surface area contributed by atoms with E-state index in [2.05, 4.69) is 24.3 Å². The number of anilines is 1. The Morgan fingerprint density at radius 1 is 1.17 bits per heavy atom. The van der Waals surface area contributed by atoms with Crippen LogP contribution in [0.2, 0.25) is 0 Å². The zero-order valence-electron chi connectivity index (χ0n) is 14.8. The van der Waals surface area contributed by atoms with Crippen molar-refractivity contribution in [3.63, 3.8) is 0 Å². The molecule has 5 heteroatoms. The van der Waals surface area contributed by atoms with Crippen LogP contribution in [0.25, 0.3) is 0 Å². The lowest BCUT2D eigenvalue weighted by atomic mass is 10.0. The Morgan fingerprint density at radius 3 is 2.54 bits per heavy atom. The molecule has 0 spiro atoms. The highest BCUT2D eigenvalue weighted by Gasteiger charge is 2.25. The van der Waals surface area contributed by atoms with E-state index in [1.165, 1.54) is 5.01 Å². The molecule has 0 aromatic heterocycles. The molecule has 0 fully saturated rings. The van der Waals surface area contributed by atoms with Gasteiger partial charge in [0.25, 0.3) is 5.91 Å². The molecule has 0 radical (unpaired) electrons. The Morgan fingerprint density at radius 2 is 1.88 bits per heavy atom. The second-order valence-electron chi connectivity index (χ2n) is 6.79. The molecule has 1 aliphatic rings. The largest absolute Gasteiger partial charge is 0.348 e. The minimum absolute atomic E-state index is 0.0808. The SMILES string of the molecule is CC(C)CCCC(C)NC(=O)C1=NN(c2ccccc2)C(=O)CC1. The number of rotatable bonds is 7. The fraction of sp³-hybridized carbons (Fsp3) is 0.526. The maximum absolute atomic E-state index is 12.4. The number of carbonyl (C=O) groups excluding carboxylic acids is 2. The molecule has 24 heavy (non-hydrogen) atoms. The van der Waals surface area contributed by atoms with Crippen molar-refractivity contribution in [2.75, 3.05) is 5.01 Å². The monoisotopic (exact) mass is 329 g/mol. The van der Waals surface area contributed by atoms with Gasteiger partial charge < -0.3 is 5.32 Å². The van der Waals surface area contributed by atoms with Gasteiger partial charge in [-0.25, -0.2) is 5.01 Å². The van der Waals surface area contributed by atoms with Crippen LogP contribution in [0.3, 0.4) is 0 Å². The van der Waals surface area contributed by atoms with Crippen molar-refractivity contribution in [2.45, 2.75) is 58.9 Å². The molecule has 0 saturated carbocycles. The molecule has 1 atom stereocenters. The fourth-order valence-corrected chi connectivity index (χ4v) is 2.70. The Hall–Kier alpha value is -2.17. The molecular formula is C19H27N3O2. The number of hydrogen-bond acceptors (Lipinski definition) is 3. The van der Waals surface area contributed by atoms with E-state index in [1.54, 1.807) is 0 Å². The molecule has 1 aromatic rings. The Labute approximate surface area is 144 Å². The van der Waals surface area contributed by atoms with Gasteiger partial charge in [0.1, 0.15) is 5.71 Å². The van der Waals surface area contributed by atoms with E-state index in [-0.39, 0.29) is 17.9 Å². The van der Waals surface area contributed by atoms with Crippen molar-refractivity contribution in [1.82, 2.24) is 5.32 Å². The van der Waals surface area contributed by atoms with Crippen molar-refractivity contribution in [2.24, 2.45) is 11.0 Å². The zero-order chi connectivity index (χ0) is 17.5. The van der Waals surface area contributed by atoms with Gasteiger partial charge in [0.2, 0.25) is 5.91 Å². The van der Waals surface area contributed by atoms with E-state index in [0.29, 0.717) is 30.2 Å². The first-order valence-electron chi connectivity index (χ1n) is 8.73. The van der Waals surface area contributed by atoms with E-state index in [1.807, 2.05) is 37.3 Å². The molecular weight excluding hydrogens is 302 g/mol. The van der Waals surface area contributed by atoms with Crippen LogP contribution in [0.1, 0.15) is 52.9 Å². The average Bonchev–Trinajstić information content (AvgIpc) is 2.55. The molecule has 5 nitrogen and oxygen atoms in total. The third kappa shape index (κ3) is 5.18. The summed E-state index contributed by atoms with van der Waals surface area (Å²) < 4.78 is 0. The van der Waals surface area contributed by atoms with Gasteiger partial charge in [-0.1, -0.05) is 44.9 Å². The summed E-state index contributed by atoms with van der Waals surface area (Å²) in [7, 11) is 0. The molecule has 2 amide bonds. The van der Waals surface area contributed by atoms with Crippen LogP contribution in [0.15, 0.2) is 35.4 Å². The number of para-hydroxylation sites is 1. The van der Waals surface area contributed by atoms with Crippen LogP contribution in [0.5, 0.6) is 0 Å². The summed E-state index contributed by atoms with van der Waals surface area (Å²) >= 11 is 0. The lowest BCUT2D eigenvalue weighted by Crippen LogP contribution is -2.42. The molecule has 1 unspecified atom stereocenters. The first kappa shape index (κ1) is 18.2. The average molecular weight is 329 g/mol. The predicted molar refractivity (Wildman–Crippen MR) is 96.9 cm³/mol. The van der Waals surface area contributed by atoms with Crippen LogP contribution in [-0.4, -0.2) is 23.6 Å². The number of carbonyl (C=O) groups is 2. The van der Waals surface area contributed by atoms with Crippen molar-refractivity contribution in [1.29, 1.82) is 0 Å². The van der Waals surface area contributed by atoms with Gasteiger partial charge in [-0.05, 0) is 31.4 Å². The van der Waals surface area contributed by atoms with E-state index in [9.17, 15) is 9.59 Å². The second-order valence-corrected chi connectivity index (χ2v) is 6.79. The van der Waals surface area contributed by atoms with E-state index in [4.69, 9.17) is 0 Å². The lowest BCUT2D eigenvalue weighted by Gasteiger charge is -2.24.